The van der Waals surface area contributed by atoms with Crippen LogP contribution in [-0.4, -0.2) is 19.3 Å². The van der Waals surface area contributed by atoms with E-state index in [0.29, 0.717) is 12.5 Å². The minimum absolute atomic E-state index is 0.0793. The van der Waals surface area contributed by atoms with Gasteiger partial charge in [-0.25, -0.2) is 4.98 Å². The second-order valence-corrected chi connectivity index (χ2v) is 8.97. The van der Waals surface area contributed by atoms with Gasteiger partial charge in [0.05, 0.1) is 11.6 Å². The molecule has 0 aliphatic heterocycles. The summed E-state index contributed by atoms with van der Waals surface area (Å²) in [5.74, 6) is 1.43. The first-order chi connectivity index (χ1) is 12.6. The highest BCUT2D eigenvalue weighted by Crippen LogP contribution is 2.36. The standard InChI is InChI=1S/C19H22N4OS2/c1-4-7-23-18(24)16-14-6-5-12(2)8-15(14)26-17(16)21-19(23)25-11-13-9-20-22(3)10-13/h4,9-10,12H,1,5-8,11H2,2-3H3. The fourth-order valence-electron chi connectivity index (χ4n) is 3.50. The van der Waals surface area contributed by atoms with E-state index < -0.39 is 0 Å². The van der Waals surface area contributed by atoms with Gasteiger partial charge in [0, 0.05) is 36.0 Å². The van der Waals surface area contributed by atoms with E-state index in [-0.39, 0.29) is 5.56 Å². The van der Waals surface area contributed by atoms with Crippen molar-refractivity contribution in [2.45, 2.75) is 43.6 Å². The molecule has 0 N–H and O–H groups in total. The van der Waals surface area contributed by atoms with Gasteiger partial charge in [0.2, 0.25) is 0 Å². The maximum absolute atomic E-state index is 13.2. The number of nitrogens with zero attached hydrogens (tertiary/aromatic N) is 4. The minimum Gasteiger partial charge on any atom is -0.283 e. The first kappa shape index (κ1) is 17.5. The zero-order valence-electron chi connectivity index (χ0n) is 15.1. The van der Waals surface area contributed by atoms with Crippen molar-refractivity contribution in [2.75, 3.05) is 0 Å². The molecule has 136 valence electrons. The van der Waals surface area contributed by atoms with Crippen molar-refractivity contribution < 1.29 is 0 Å². The van der Waals surface area contributed by atoms with E-state index in [9.17, 15) is 4.79 Å². The second-order valence-electron chi connectivity index (χ2n) is 6.94. The molecule has 0 spiro atoms. The molecule has 0 aromatic carbocycles. The van der Waals surface area contributed by atoms with Crippen molar-refractivity contribution in [3.63, 3.8) is 0 Å². The summed E-state index contributed by atoms with van der Waals surface area (Å²) in [5.41, 5.74) is 2.44. The number of hydrogen-bond donors (Lipinski definition) is 0. The molecule has 1 unspecified atom stereocenters. The van der Waals surface area contributed by atoms with Gasteiger partial charge in [-0.3, -0.25) is 14.0 Å². The van der Waals surface area contributed by atoms with E-state index >= 15 is 0 Å². The lowest BCUT2D eigenvalue weighted by atomic mass is 9.89. The number of fused-ring (bicyclic) bond motifs is 3. The average Bonchev–Trinajstić information content (AvgIpc) is 3.18. The van der Waals surface area contributed by atoms with Crippen molar-refractivity contribution in [1.82, 2.24) is 19.3 Å². The topological polar surface area (TPSA) is 52.7 Å². The predicted molar refractivity (Wildman–Crippen MR) is 108 cm³/mol. The molecule has 3 aromatic heterocycles. The van der Waals surface area contributed by atoms with Crippen LogP contribution in [0.2, 0.25) is 0 Å². The van der Waals surface area contributed by atoms with Crippen LogP contribution >= 0.6 is 23.1 Å². The SMILES string of the molecule is C=CCn1c(SCc2cnn(C)c2)nc2sc3c(c2c1=O)CCC(C)C3. The number of thioether (sulfide) groups is 1. The summed E-state index contributed by atoms with van der Waals surface area (Å²) in [6.07, 6.45) is 8.82. The minimum atomic E-state index is 0.0793. The molecule has 0 amide bonds. The summed E-state index contributed by atoms with van der Waals surface area (Å²) < 4.78 is 3.55. The molecule has 0 radical (unpaired) electrons. The van der Waals surface area contributed by atoms with Gasteiger partial charge in [-0.15, -0.1) is 17.9 Å². The molecule has 0 fully saturated rings. The van der Waals surface area contributed by atoms with Gasteiger partial charge < -0.3 is 0 Å². The van der Waals surface area contributed by atoms with Crippen LogP contribution in [0.25, 0.3) is 10.2 Å². The van der Waals surface area contributed by atoms with Crippen LogP contribution < -0.4 is 5.56 Å². The van der Waals surface area contributed by atoms with Crippen LogP contribution in [0.15, 0.2) is 35.0 Å². The number of aromatic nitrogens is 4. The lowest BCUT2D eigenvalue weighted by molar-refractivity contribution is 0.509. The van der Waals surface area contributed by atoms with Gasteiger partial charge in [-0.1, -0.05) is 24.8 Å². The zero-order chi connectivity index (χ0) is 18.3. The van der Waals surface area contributed by atoms with E-state index in [4.69, 9.17) is 4.98 Å². The molecule has 0 saturated heterocycles. The van der Waals surface area contributed by atoms with E-state index in [1.165, 1.54) is 10.4 Å². The summed E-state index contributed by atoms with van der Waals surface area (Å²) >= 11 is 3.29. The van der Waals surface area contributed by atoms with Crippen LogP contribution in [0.4, 0.5) is 0 Å². The monoisotopic (exact) mass is 386 g/mol. The maximum atomic E-state index is 13.2. The molecule has 0 bridgehead atoms. The van der Waals surface area contributed by atoms with Crippen molar-refractivity contribution >= 4 is 33.3 Å². The number of allylic oxidation sites excluding steroid dienone is 1. The predicted octanol–water partition coefficient (Wildman–Crippen LogP) is 3.79. The third-order valence-corrected chi connectivity index (χ3v) is 7.01. The summed E-state index contributed by atoms with van der Waals surface area (Å²) in [5, 5.41) is 5.81. The van der Waals surface area contributed by atoms with Gasteiger partial charge in [0.1, 0.15) is 4.83 Å². The van der Waals surface area contributed by atoms with Crippen LogP contribution in [0.1, 0.15) is 29.3 Å². The molecule has 3 heterocycles. The number of aryl methyl sites for hydroxylation is 2. The highest BCUT2D eigenvalue weighted by molar-refractivity contribution is 7.98. The maximum Gasteiger partial charge on any atom is 0.263 e. The van der Waals surface area contributed by atoms with E-state index in [2.05, 4.69) is 18.6 Å². The first-order valence-electron chi connectivity index (χ1n) is 8.83. The van der Waals surface area contributed by atoms with E-state index in [1.807, 2.05) is 19.4 Å². The first-order valence-corrected chi connectivity index (χ1v) is 10.6. The Labute approximate surface area is 160 Å². The highest BCUT2D eigenvalue weighted by atomic mass is 32.2. The largest absolute Gasteiger partial charge is 0.283 e. The molecular formula is C19H22N4OS2. The van der Waals surface area contributed by atoms with Gasteiger partial charge in [0.25, 0.3) is 5.56 Å². The summed E-state index contributed by atoms with van der Waals surface area (Å²) in [7, 11) is 1.91. The lowest BCUT2D eigenvalue weighted by Crippen LogP contribution is -2.23. The Hall–Kier alpha value is -1.86. The van der Waals surface area contributed by atoms with Gasteiger partial charge >= 0.3 is 0 Å². The summed E-state index contributed by atoms with van der Waals surface area (Å²) in [6, 6.07) is 0. The molecule has 7 heteroatoms. The molecule has 1 aliphatic rings. The van der Waals surface area contributed by atoms with Crippen LogP contribution in [-0.2, 0) is 32.2 Å². The normalized spacial score (nSPS) is 16.8. The van der Waals surface area contributed by atoms with Crippen LogP contribution in [0, 0.1) is 5.92 Å². The zero-order valence-corrected chi connectivity index (χ0v) is 16.7. The third kappa shape index (κ3) is 3.14. The molecule has 0 saturated carbocycles. The Balaban J connectivity index is 1.77. The van der Waals surface area contributed by atoms with Crippen molar-refractivity contribution in [2.24, 2.45) is 13.0 Å². The fourth-order valence-corrected chi connectivity index (χ4v) is 5.84. The molecule has 5 nitrogen and oxygen atoms in total. The Morgan fingerprint density at radius 2 is 2.35 bits per heavy atom. The second kappa shape index (κ2) is 7.04. The Morgan fingerprint density at radius 3 is 3.08 bits per heavy atom. The number of hydrogen-bond acceptors (Lipinski definition) is 5. The van der Waals surface area contributed by atoms with Crippen molar-refractivity contribution in [3.8, 4) is 0 Å². The Morgan fingerprint density at radius 1 is 1.50 bits per heavy atom. The number of rotatable bonds is 5. The molecule has 4 rings (SSSR count). The molecule has 3 aromatic rings. The third-order valence-electron chi connectivity index (χ3n) is 4.82. The Bertz CT molecular complexity index is 1030. The molecule has 1 atom stereocenters. The van der Waals surface area contributed by atoms with Gasteiger partial charge in [-0.05, 0) is 30.7 Å². The van der Waals surface area contributed by atoms with Crippen LogP contribution in [0.3, 0.4) is 0 Å². The fraction of sp³-hybridized carbons (Fsp3) is 0.421. The van der Waals surface area contributed by atoms with Crippen molar-refractivity contribution in [1.29, 1.82) is 0 Å². The van der Waals surface area contributed by atoms with Gasteiger partial charge in [0.15, 0.2) is 5.16 Å². The van der Waals surface area contributed by atoms with E-state index in [1.54, 1.807) is 38.4 Å². The summed E-state index contributed by atoms with van der Waals surface area (Å²) in [6.45, 7) is 6.59. The van der Waals surface area contributed by atoms with Gasteiger partial charge in [-0.2, -0.15) is 5.10 Å². The quantitative estimate of drug-likeness (QED) is 0.380. The van der Waals surface area contributed by atoms with Crippen molar-refractivity contribution in [3.05, 3.63) is 51.4 Å². The molecule has 26 heavy (non-hydrogen) atoms. The molecular weight excluding hydrogens is 364 g/mol. The van der Waals surface area contributed by atoms with Crippen LogP contribution in [0.5, 0.6) is 0 Å². The van der Waals surface area contributed by atoms with E-state index in [0.717, 1.165) is 46.0 Å². The summed E-state index contributed by atoms with van der Waals surface area (Å²) in [4.78, 5) is 20.3. The number of thiophene rings is 1. The highest BCUT2D eigenvalue weighted by Gasteiger charge is 2.24. The Kier molecular flexibility index (Phi) is 4.75. The average molecular weight is 387 g/mol. The lowest BCUT2D eigenvalue weighted by Gasteiger charge is -2.17. The smallest absolute Gasteiger partial charge is 0.263 e. The molecule has 1 aliphatic carbocycles.